The topological polar surface area (TPSA) is 58.6 Å². The Labute approximate surface area is 156 Å². The smallest absolute Gasteiger partial charge is 0.331 e. The summed E-state index contributed by atoms with van der Waals surface area (Å²) in [7, 11) is 0. The van der Waals surface area contributed by atoms with Crippen LogP contribution in [0, 0.1) is 23.7 Å². The molecule has 4 heteroatoms. The van der Waals surface area contributed by atoms with Crippen LogP contribution >= 0.6 is 0 Å². The van der Waals surface area contributed by atoms with Crippen molar-refractivity contribution in [1.82, 2.24) is 5.32 Å². The molecule has 0 aromatic carbocycles. The number of aliphatic carboxylic acids is 1. The number of hydrogen-bond acceptors (Lipinski definition) is 3. The summed E-state index contributed by atoms with van der Waals surface area (Å²) in [5, 5.41) is 13.9. The summed E-state index contributed by atoms with van der Waals surface area (Å²) in [4.78, 5) is 12.2. The summed E-state index contributed by atoms with van der Waals surface area (Å²) in [6.07, 6.45) is 12.6. The van der Waals surface area contributed by atoms with Gasteiger partial charge in [0, 0.05) is 29.5 Å². The normalized spacial score (nSPS) is 52.5. The highest BCUT2D eigenvalue weighted by Gasteiger charge is 2.71. The van der Waals surface area contributed by atoms with Crippen molar-refractivity contribution in [3.05, 3.63) is 11.6 Å². The second kappa shape index (κ2) is 5.81. The van der Waals surface area contributed by atoms with E-state index >= 15 is 0 Å². The van der Waals surface area contributed by atoms with Crippen LogP contribution < -0.4 is 5.32 Å². The van der Waals surface area contributed by atoms with Crippen molar-refractivity contribution < 1.29 is 14.6 Å². The van der Waals surface area contributed by atoms with Crippen LogP contribution in [0.25, 0.3) is 0 Å². The van der Waals surface area contributed by atoms with Crippen molar-refractivity contribution in [2.75, 3.05) is 0 Å². The molecule has 3 aliphatic heterocycles. The summed E-state index contributed by atoms with van der Waals surface area (Å²) < 4.78 is 7.11. The molecule has 144 valence electrons. The minimum Gasteiger partial charge on any atom is -0.478 e. The number of carboxylic acids is 1. The van der Waals surface area contributed by atoms with Gasteiger partial charge in [-0.15, -0.1) is 0 Å². The zero-order valence-electron chi connectivity index (χ0n) is 16.2. The Morgan fingerprint density at radius 2 is 2.12 bits per heavy atom. The maximum Gasteiger partial charge on any atom is 0.331 e. The number of rotatable bonds is 3. The number of piperidine rings is 1. The van der Waals surface area contributed by atoms with Crippen molar-refractivity contribution in [3.8, 4) is 0 Å². The van der Waals surface area contributed by atoms with Crippen LogP contribution in [0.1, 0.15) is 71.6 Å². The molecule has 6 aliphatic rings. The van der Waals surface area contributed by atoms with E-state index in [0.29, 0.717) is 35.4 Å². The first-order valence-corrected chi connectivity index (χ1v) is 10.9. The molecule has 0 aromatic heterocycles. The summed E-state index contributed by atoms with van der Waals surface area (Å²) >= 11 is 0. The minimum atomic E-state index is -0.699. The van der Waals surface area contributed by atoms with Crippen LogP contribution in [0.15, 0.2) is 11.6 Å². The molecule has 2 saturated carbocycles. The van der Waals surface area contributed by atoms with Crippen LogP contribution in [0.5, 0.6) is 0 Å². The van der Waals surface area contributed by atoms with Crippen LogP contribution in [0.4, 0.5) is 0 Å². The summed E-state index contributed by atoms with van der Waals surface area (Å²) in [5.74, 6) is 0.893. The molecular formula is C22H33NO3. The molecule has 2 saturated heterocycles. The number of hydrogen-bond donors (Lipinski definition) is 2. The standard InChI is InChI=1S/C22H33NO3/c1-3-22-17(18-9-6-7-13(2)23-18)11-14-16-8-4-5-10-21(16,26-22)12-15(19(14)22)20(24)25/h12-14,16-19,23H,3-11H2,1-2H3,(H,24,25)/t13-,14+,16+,17-,18-,19+,21+,22?/m1/s1. The first kappa shape index (κ1) is 17.2. The Hall–Kier alpha value is -0.870. The van der Waals surface area contributed by atoms with E-state index in [9.17, 15) is 9.90 Å². The lowest BCUT2D eigenvalue weighted by atomic mass is 9.56. The highest BCUT2D eigenvalue weighted by atomic mass is 16.5. The molecule has 1 unspecified atom stereocenters. The molecule has 4 fully saturated rings. The highest BCUT2D eigenvalue weighted by Crippen LogP contribution is 2.69. The molecule has 0 aromatic rings. The minimum absolute atomic E-state index is 0.0963. The average molecular weight is 360 g/mol. The molecule has 8 atom stereocenters. The number of carboxylic acid groups (broad SMARTS) is 1. The fourth-order valence-electron chi connectivity index (χ4n) is 7.81. The van der Waals surface area contributed by atoms with Gasteiger partial charge in [-0.2, -0.15) is 0 Å². The van der Waals surface area contributed by atoms with Gasteiger partial charge in [-0.25, -0.2) is 4.79 Å². The Bertz CT molecular complexity index is 645. The lowest BCUT2D eigenvalue weighted by Crippen LogP contribution is -2.65. The quantitative estimate of drug-likeness (QED) is 0.802. The van der Waals surface area contributed by atoms with Crippen molar-refractivity contribution in [1.29, 1.82) is 0 Å². The van der Waals surface area contributed by atoms with E-state index in [1.807, 2.05) is 0 Å². The number of nitrogens with one attached hydrogen (secondary N) is 1. The van der Waals surface area contributed by atoms with E-state index in [1.54, 1.807) is 0 Å². The summed E-state index contributed by atoms with van der Waals surface area (Å²) in [6.45, 7) is 4.52. The summed E-state index contributed by atoms with van der Waals surface area (Å²) in [5.41, 5.74) is 0.124. The molecule has 0 amide bonds. The maximum absolute atomic E-state index is 12.2. The third-order valence-corrected chi connectivity index (χ3v) is 8.64. The van der Waals surface area contributed by atoms with E-state index in [-0.39, 0.29) is 17.1 Å². The molecule has 3 heterocycles. The Kier molecular flexibility index (Phi) is 3.85. The van der Waals surface area contributed by atoms with Gasteiger partial charge in [-0.1, -0.05) is 26.2 Å². The Morgan fingerprint density at radius 3 is 2.85 bits per heavy atom. The van der Waals surface area contributed by atoms with Crippen LogP contribution in [0.2, 0.25) is 0 Å². The van der Waals surface area contributed by atoms with Crippen molar-refractivity contribution >= 4 is 5.97 Å². The van der Waals surface area contributed by atoms with Gasteiger partial charge in [0.15, 0.2) is 0 Å². The monoisotopic (exact) mass is 359 g/mol. The lowest BCUT2D eigenvalue weighted by molar-refractivity contribution is -0.250. The third kappa shape index (κ3) is 2.12. The van der Waals surface area contributed by atoms with E-state index < -0.39 is 5.97 Å². The fraction of sp³-hybridized carbons (Fsp3) is 0.864. The highest BCUT2D eigenvalue weighted by molar-refractivity contribution is 5.88. The van der Waals surface area contributed by atoms with Crippen LogP contribution in [-0.4, -0.2) is 34.4 Å². The molecule has 3 aliphatic carbocycles. The second-order valence-corrected chi connectivity index (χ2v) is 9.71. The molecule has 6 rings (SSSR count). The third-order valence-electron chi connectivity index (χ3n) is 8.64. The van der Waals surface area contributed by atoms with Gasteiger partial charge < -0.3 is 15.2 Å². The van der Waals surface area contributed by atoms with Crippen molar-refractivity contribution in [3.63, 3.8) is 0 Å². The largest absolute Gasteiger partial charge is 0.478 e. The lowest BCUT2D eigenvalue weighted by Gasteiger charge is -2.61. The predicted octanol–water partition coefficient (Wildman–Crippen LogP) is 3.90. The van der Waals surface area contributed by atoms with E-state index in [1.165, 1.54) is 38.5 Å². The van der Waals surface area contributed by atoms with Gasteiger partial charge >= 0.3 is 5.97 Å². The Balaban J connectivity index is 1.60. The molecular weight excluding hydrogens is 326 g/mol. The average Bonchev–Trinajstić information content (AvgIpc) is 2.92. The maximum atomic E-state index is 12.2. The molecule has 1 spiro atoms. The molecule has 4 nitrogen and oxygen atoms in total. The van der Waals surface area contributed by atoms with Gasteiger partial charge in [-0.05, 0) is 63.4 Å². The van der Waals surface area contributed by atoms with Crippen molar-refractivity contribution in [2.45, 2.75) is 94.9 Å². The predicted molar refractivity (Wildman–Crippen MR) is 99.8 cm³/mol. The second-order valence-electron chi connectivity index (χ2n) is 9.71. The number of carbonyl (C=O) groups is 1. The first-order chi connectivity index (χ1) is 12.5. The van der Waals surface area contributed by atoms with Gasteiger partial charge in [-0.3, -0.25) is 0 Å². The zero-order valence-corrected chi connectivity index (χ0v) is 16.2. The Morgan fingerprint density at radius 1 is 1.27 bits per heavy atom. The summed E-state index contributed by atoms with van der Waals surface area (Å²) in [6, 6.07) is 1.05. The van der Waals surface area contributed by atoms with Gasteiger partial charge in [0.05, 0.1) is 11.2 Å². The van der Waals surface area contributed by atoms with Crippen LogP contribution in [-0.2, 0) is 9.53 Å². The zero-order chi connectivity index (χ0) is 18.1. The van der Waals surface area contributed by atoms with Gasteiger partial charge in [0.25, 0.3) is 0 Å². The fourth-order valence-corrected chi connectivity index (χ4v) is 7.81. The van der Waals surface area contributed by atoms with E-state index in [2.05, 4.69) is 25.2 Å². The van der Waals surface area contributed by atoms with Gasteiger partial charge in [0.1, 0.15) is 0 Å². The molecule has 26 heavy (non-hydrogen) atoms. The molecule has 0 radical (unpaired) electrons. The van der Waals surface area contributed by atoms with Gasteiger partial charge in [0.2, 0.25) is 0 Å². The van der Waals surface area contributed by atoms with Crippen LogP contribution in [0.3, 0.4) is 0 Å². The molecule has 4 bridgehead atoms. The number of ether oxygens (including phenoxy) is 1. The molecule has 2 N–H and O–H groups in total. The van der Waals surface area contributed by atoms with Crippen molar-refractivity contribution in [2.24, 2.45) is 23.7 Å². The SMILES string of the molecule is CCC12O[C@@]34C=C(C(=O)O)[C@@H]1[C@@H](C[C@@H]2[C@H]1CCC[C@@H](C)N1)[C@@H]3CCCC4. The van der Waals surface area contributed by atoms with E-state index in [0.717, 1.165) is 19.3 Å². The first-order valence-electron chi connectivity index (χ1n) is 10.9. The van der Waals surface area contributed by atoms with E-state index in [4.69, 9.17) is 4.74 Å².